The number of hydrogen-bond acceptors (Lipinski definition) is 7. The smallest absolute Gasteiger partial charge is 0.272 e. The van der Waals surface area contributed by atoms with E-state index in [9.17, 15) is 14.4 Å². The Morgan fingerprint density at radius 1 is 0.816 bits per heavy atom. The molecule has 6 rings (SSSR count). The maximum Gasteiger partial charge on any atom is 0.272 e. The Morgan fingerprint density at radius 2 is 1.55 bits per heavy atom. The van der Waals surface area contributed by atoms with E-state index in [4.69, 9.17) is 4.74 Å². The van der Waals surface area contributed by atoms with Crippen LogP contribution >= 0.6 is 23.1 Å². The van der Waals surface area contributed by atoms with Gasteiger partial charge in [0.25, 0.3) is 11.8 Å². The zero-order valence-corrected chi connectivity index (χ0v) is 28.3. The zero-order chi connectivity index (χ0) is 34.2. The number of thiazole rings is 1. The van der Waals surface area contributed by atoms with Crippen molar-refractivity contribution in [2.45, 2.75) is 17.1 Å². The summed E-state index contributed by atoms with van der Waals surface area (Å²) in [7, 11) is 1.61. The summed E-state index contributed by atoms with van der Waals surface area (Å²) >= 11 is 2.73. The lowest BCUT2D eigenvalue weighted by Crippen LogP contribution is -2.30. The van der Waals surface area contributed by atoms with Crippen LogP contribution in [0.25, 0.3) is 16.3 Å². The molecule has 3 N–H and O–H groups in total. The number of carbonyl (C=O) groups excluding carboxylic acids is 3. The number of amides is 3. The first-order valence-corrected chi connectivity index (χ1v) is 17.1. The van der Waals surface area contributed by atoms with Gasteiger partial charge in [-0.1, -0.05) is 95.8 Å². The average molecular weight is 685 g/mol. The molecule has 49 heavy (non-hydrogen) atoms. The Morgan fingerprint density at radius 3 is 2.29 bits per heavy atom. The lowest BCUT2D eigenvalue weighted by Gasteiger charge is -2.17. The van der Waals surface area contributed by atoms with Crippen molar-refractivity contribution in [2.24, 2.45) is 0 Å². The van der Waals surface area contributed by atoms with E-state index in [0.29, 0.717) is 16.4 Å². The second-order valence-corrected chi connectivity index (χ2v) is 13.2. The molecule has 1 heterocycles. The molecule has 244 valence electrons. The third kappa shape index (κ3) is 8.61. The van der Waals surface area contributed by atoms with Gasteiger partial charge in [-0.3, -0.25) is 14.4 Å². The van der Waals surface area contributed by atoms with Crippen molar-refractivity contribution in [3.63, 3.8) is 0 Å². The van der Waals surface area contributed by atoms with Gasteiger partial charge in [0.2, 0.25) is 5.91 Å². The molecule has 0 saturated heterocycles. The third-order valence-corrected chi connectivity index (χ3v) is 9.61. The average Bonchev–Trinajstić information content (AvgIpc) is 3.53. The predicted octanol–water partition coefficient (Wildman–Crippen LogP) is 8.50. The Bertz CT molecular complexity index is 2130. The van der Waals surface area contributed by atoms with E-state index < -0.39 is 17.1 Å². The van der Waals surface area contributed by atoms with Gasteiger partial charge in [-0.25, -0.2) is 4.98 Å². The van der Waals surface area contributed by atoms with Gasteiger partial charge in [-0.2, -0.15) is 0 Å². The van der Waals surface area contributed by atoms with Crippen LogP contribution in [-0.2, 0) is 9.59 Å². The van der Waals surface area contributed by atoms with Gasteiger partial charge in [0.05, 0.1) is 17.3 Å². The number of aromatic nitrogens is 1. The second-order valence-electron chi connectivity index (χ2n) is 11.0. The summed E-state index contributed by atoms with van der Waals surface area (Å²) in [6, 6.07) is 38.7. The van der Waals surface area contributed by atoms with Crippen LogP contribution < -0.4 is 20.7 Å². The predicted molar refractivity (Wildman–Crippen MR) is 198 cm³/mol. The number of aryl methyl sites for hydroxylation is 1. The van der Waals surface area contributed by atoms with E-state index >= 15 is 0 Å². The number of benzene rings is 5. The quantitative estimate of drug-likeness (QED) is 0.0933. The lowest BCUT2D eigenvalue weighted by atomic mass is 10.1. The van der Waals surface area contributed by atoms with Gasteiger partial charge in [-0.15, -0.1) is 11.8 Å². The van der Waals surface area contributed by atoms with E-state index in [1.54, 1.807) is 49.6 Å². The van der Waals surface area contributed by atoms with Crippen LogP contribution in [0.15, 0.2) is 138 Å². The molecule has 8 nitrogen and oxygen atoms in total. The van der Waals surface area contributed by atoms with E-state index in [1.807, 2.05) is 97.9 Å². The molecule has 0 bridgehead atoms. The standard InChI is InChI=1S/C39H32N4O4S2/c1-25-16-18-26(19-17-25)22-33(41-36(44)28-12-7-4-8-13-28)37(45)40-29-14-9-15-31(23-29)48-35(27-10-5-3-6-11-27)38(46)43-39-42-32-21-20-30(47-2)24-34(32)49-39/h3-24,35H,1-2H3,(H,40,45)(H,41,44)(H,42,43,46)/b33-22-. The third-order valence-electron chi connectivity index (χ3n) is 7.43. The number of methoxy groups -OCH3 is 1. The zero-order valence-electron chi connectivity index (χ0n) is 26.7. The largest absolute Gasteiger partial charge is 0.497 e. The van der Waals surface area contributed by atoms with Crippen LogP contribution in [0.4, 0.5) is 10.8 Å². The first kappa shape index (κ1) is 33.2. The summed E-state index contributed by atoms with van der Waals surface area (Å²) < 4.78 is 6.23. The van der Waals surface area contributed by atoms with Gasteiger partial charge in [-0.05, 0) is 72.7 Å². The van der Waals surface area contributed by atoms with Gasteiger partial charge in [0, 0.05) is 16.1 Å². The minimum atomic E-state index is -0.615. The normalized spacial score (nSPS) is 11.8. The SMILES string of the molecule is COc1ccc2nc(NC(=O)C(Sc3cccc(NC(=O)/C(=C/c4ccc(C)cc4)NC(=O)c4ccccc4)c3)c3ccccc3)sc2c1. The highest BCUT2D eigenvalue weighted by Crippen LogP contribution is 2.38. The fourth-order valence-corrected chi connectivity index (χ4v) is 6.89. The fraction of sp³-hybridized carbons (Fsp3) is 0.0769. The van der Waals surface area contributed by atoms with Crippen LogP contribution in [0, 0.1) is 6.92 Å². The molecule has 1 aromatic heterocycles. The molecule has 0 aliphatic rings. The highest BCUT2D eigenvalue weighted by molar-refractivity contribution is 8.00. The van der Waals surface area contributed by atoms with E-state index in [1.165, 1.54) is 23.1 Å². The molecule has 10 heteroatoms. The number of hydrogen-bond donors (Lipinski definition) is 3. The van der Waals surface area contributed by atoms with Crippen LogP contribution in [0.1, 0.15) is 32.3 Å². The summed E-state index contributed by atoms with van der Waals surface area (Å²) in [5.74, 6) is -0.405. The molecule has 5 aromatic carbocycles. The number of nitrogens with one attached hydrogen (secondary N) is 3. The minimum Gasteiger partial charge on any atom is -0.497 e. The highest BCUT2D eigenvalue weighted by atomic mass is 32.2. The van der Waals surface area contributed by atoms with Crippen molar-refractivity contribution in [1.82, 2.24) is 10.3 Å². The lowest BCUT2D eigenvalue weighted by molar-refractivity contribution is -0.116. The van der Waals surface area contributed by atoms with Crippen molar-refractivity contribution in [3.8, 4) is 5.75 Å². The van der Waals surface area contributed by atoms with Crippen molar-refractivity contribution >= 4 is 67.9 Å². The molecule has 0 fully saturated rings. The minimum absolute atomic E-state index is 0.0887. The van der Waals surface area contributed by atoms with Crippen molar-refractivity contribution in [1.29, 1.82) is 0 Å². The van der Waals surface area contributed by atoms with E-state index in [-0.39, 0.29) is 11.6 Å². The molecule has 0 aliphatic heterocycles. The van der Waals surface area contributed by atoms with Crippen molar-refractivity contribution in [2.75, 3.05) is 17.7 Å². The first-order chi connectivity index (χ1) is 23.8. The van der Waals surface area contributed by atoms with Crippen molar-refractivity contribution < 1.29 is 19.1 Å². The number of carbonyl (C=O) groups is 3. The number of thioether (sulfide) groups is 1. The van der Waals surface area contributed by atoms with E-state index in [2.05, 4.69) is 20.9 Å². The molecule has 0 spiro atoms. The Labute approximate surface area is 292 Å². The van der Waals surface area contributed by atoms with Crippen LogP contribution in [0.2, 0.25) is 0 Å². The number of fused-ring (bicyclic) bond motifs is 1. The summed E-state index contributed by atoms with van der Waals surface area (Å²) in [5, 5.41) is 8.57. The van der Waals surface area contributed by atoms with Crippen LogP contribution in [0.3, 0.4) is 0 Å². The molecular weight excluding hydrogens is 653 g/mol. The van der Waals surface area contributed by atoms with Gasteiger partial charge in [0.15, 0.2) is 5.13 Å². The molecule has 0 aliphatic carbocycles. The van der Waals surface area contributed by atoms with Crippen molar-refractivity contribution in [3.05, 3.63) is 155 Å². The Hall–Kier alpha value is -5.71. The molecule has 1 atom stereocenters. The Balaban J connectivity index is 1.22. The highest BCUT2D eigenvalue weighted by Gasteiger charge is 2.24. The summed E-state index contributed by atoms with van der Waals surface area (Å²) in [6.45, 7) is 1.98. The second kappa shape index (κ2) is 15.5. The first-order valence-electron chi connectivity index (χ1n) is 15.4. The fourth-order valence-electron chi connectivity index (χ4n) is 4.91. The van der Waals surface area contributed by atoms with E-state index in [0.717, 1.165) is 37.6 Å². The summed E-state index contributed by atoms with van der Waals surface area (Å²) in [4.78, 5) is 45.8. The molecule has 0 radical (unpaired) electrons. The molecule has 3 amide bonds. The number of nitrogens with zero attached hydrogens (tertiary/aromatic N) is 1. The maximum atomic E-state index is 13.8. The molecule has 6 aromatic rings. The topological polar surface area (TPSA) is 109 Å². The molecule has 0 saturated carbocycles. The summed E-state index contributed by atoms with van der Waals surface area (Å²) in [5.41, 5.74) is 4.45. The summed E-state index contributed by atoms with van der Waals surface area (Å²) in [6.07, 6.45) is 1.64. The molecule has 1 unspecified atom stereocenters. The Kier molecular flexibility index (Phi) is 10.5. The number of rotatable bonds is 11. The van der Waals surface area contributed by atoms with Gasteiger partial charge >= 0.3 is 0 Å². The van der Waals surface area contributed by atoms with Crippen LogP contribution in [0.5, 0.6) is 5.75 Å². The maximum absolute atomic E-state index is 13.8. The molecular formula is C39H32N4O4S2. The number of anilines is 2. The van der Waals surface area contributed by atoms with Gasteiger partial charge in [0.1, 0.15) is 16.7 Å². The van der Waals surface area contributed by atoms with Gasteiger partial charge < -0.3 is 20.7 Å². The monoisotopic (exact) mass is 684 g/mol. The number of ether oxygens (including phenoxy) is 1. The van der Waals surface area contributed by atoms with Crippen LogP contribution in [-0.4, -0.2) is 29.8 Å².